The van der Waals surface area contributed by atoms with E-state index in [1.165, 1.54) is 83.3 Å². The normalized spacial score (nSPS) is 15.5. The second kappa shape index (κ2) is 11.0. The first-order valence-corrected chi connectivity index (χ1v) is 17.8. The molecule has 9 aromatic rings. The summed E-state index contributed by atoms with van der Waals surface area (Å²) in [5, 5.41) is 2.33. The third-order valence-electron chi connectivity index (χ3n) is 11.3. The van der Waals surface area contributed by atoms with Crippen molar-refractivity contribution in [2.24, 2.45) is 0 Å². The lowest BCUT2D eigenvalue weighted by Crippen LogP contribution is -2.02. The van der Waals surface area contributed by atoms with Gasteiger partial charge in [-0.25, -0.2) is 0 Å². The smallest absolute Gasteiger partial charge is 0.136 e. The van der Waals surface area contributed by atoms with Gasteiger partial charge in [-0.2, -0.15) is 0 Å². The predicted octanol–water partition coefficient (Wildman–Crippen LogP) is 13.2. The van der Waals surface area contributed by atoms with Gasteiger partial charge in [-0.1, -0.05) is 158 Å². The van der Waals surface area contributed by atoms with Gasteiger partial charge in [-0.3, -0.25) is 0 Å². The summed E-state index contributed by atoms with van der Waals surface area (Å²) in [5.41, 5.74) is 20.3. The van der Waals surface area contributed by atoms with Crippen molar-refractivity contribution in [3.05, 3.63) is 215 Å². The molecule has 2 aliphatic rings. The third kappa shape index (κ3) is 4.22. The first-order valence-electron chi connectivity index (χ1n) is 17.8. The minimum Gasteiger partial charge on any atom is -0.456 e. The van der Waals surface area contributed by atoms with E-state index in [0.717, 1.165) is 16.6 Å². The summed E-state index contributed by atoms with van der Waals surface area (Å²) in [6, 6.07) is 66.9. The van der Waals surface area contributed by atoms with Crippen LogP contribution in [0.2, 0.25) is 0 Å². The summed E-state index contributed by atoms with van der Waals surface area (Å²) in [7, 11) is 0. The topological polar surface area (TPSA) is 13.1 Å². The van der Waals surface area contributed by atoms with Gasteiger partial charge < -0.3 is 4.42 Å². The molecule has 11 rings (SSSR count). The molecule has 0 aliphatic heterocycles. The molecule has 0 bridgehead atoms. The fraction of sp³-hybridized carbons (Fsp3) is 0.0400. The van der Waals surface area contributed by atoms with Crippen molar-refractivity contribution in [1.82, 2.24) is 0 Å². The Labute approximate surface area is 297 Å². The van der Waals surface area contributed by atoms with Crippen molar-refractivity contribution in [2.45, 2.75) is 11.8 Å². The Balaban J connectivity index is 1.06. The van der Waals surface area contributed by atoms with E-state index in [9.17, 15) is 0 Å². The van der Waals surface area contributed by atoms with Gasteiger partial charge in [-0.15, -0.1) is 0 Å². The van der Waals surface area contributed by atoms with Gasteiger partial charge >= 0.3 is 0 Å². The number of rotatable bonds is 4. The van der Waals surface area contributed by atoms with Crippen LogP contribution < -0.4 is 0 Å². The zero-order valence-electron chi connectivity index (χ0n) is 27.9. The van der Waals surface area contributed by atoms with Crippen molar-refractivity contribution in [3.8, 4) is 44.5 Å². The zero-order chi connectivity index (χ0) is 33.5. The van der Waals surface area contributed by atoms with Crippen LogP contribution in [0.4, 0.5) is 0 Å². The van der Waals surface area contributed by atoms with Crippen LogP contribution in [-0.2, 0) is 0 Å². The average Bonchev–Trinajstić information content (AvgIpc) is 3.85. The van der Waals surface area contributed by atoms with Gasteiger partial charge in [0.2, 0.25) is 0 Å². The van der Waals surface area contributed by atoms with E-state index in [-0.39, 0.29) is 11.8 Å². The van der Waals surface area contributed by atoms with Crippen LogP contribution in [0.15, 0.2) is 186 Å². The van der Waals surface area contributed by atoms with Gasteiger partial charge in [-0.05, 0) is 102 Å². The number of hydrogen-bond donors (Lipinski definition) is 0. The first kappa shape index (κ1) is 28.4. The summed E-state index contributed by atoms with van der Waals surface area (Å²) in [6.07, 6.45) is 0. The summed E-state index contributed by atoms with van der Waals surface area (Å²) in [4.78, 5) is 0. The highest BCUT2D eigenvalue weighted by Crippen LogP contribution is 2.53. The second-order valence-electron chi connectivity index (χ2n) is 13.9. The molecule has 0 saturated carbocycles. The van der Waals surface area contributed by atoms with Crippen molar-refractivity contribution in [2.75, 3.05) is 0 Å². The maximum Gasteiger partial charge on any atom is 0.136 e. The largest absolute Gasteiger partial charge is 0.456 e. The van der Waals surface area contributed by atoms with Crippen LogP contribution in [0.25, 0.3) is 66.4 Å². The highest BCUT2D eigenvalue weighted by Gasteiger charge is 2.33. The summed E-state index contributed by atoms with van der Waals surface area (Å²) in [6.45, 7) is 0. The van der Waals surface area contributed by atoms with E-state index in [4.69, 9.17) is 4.42 Å². The van der Waals surface area contributed by atoms with Crippen LogP contribution in [0.3, 0.4) is 0 Å². The molecule has 0 amide bonds. The molecule has 2 unspecified atom stereocenters. The standard InChI is InChI=1S/C50H32O/c1-2-13-31(14-3-1)48-37-18-7-5-16-35(37)44-29-32(25-27-41(44)48)33-26-28-42-45(30-33)36-17-6-9-20-39(36)49(42)38-19-8-4-15-34(38)40-22-12-24-47-50(40)43-21-10-11-23-46(43)51-47/h1-30,48-49H. The van der Waals surface area contributed by atoms with Crippen molar-refractivity contribution >= 4 is 21.9 Å². The minimum absolute atomic E-state index is 0.119. The molecule has 1 nitrogen and oxygen atoms in total. The summed E-state index contributed by atoms with van der Waals surface area (Å²) < 4.78 is 6.32. The van der Waals surface area contributed by atoms with E-state index in [2.05, 4.69) is 176 Å². The van der Waals surface area contributed by atoms with Crippen LogP contribution in [0.5, 0.6) is 0 Å². The molecule has 1 heterocycles. The molecule has 1 aromatic heterocycles. The van der Waals surface area contributed by atoms with Crippen LogP contribution in [-0.4, -0.2) is 0 Å². The molecule has 238 valence electrons. The predicted molar refractivity (Wildman–Crippen MR) is 210 cm³/mol. The molecular formula is C50H32O. The van der Waals surface area contributed by atoms with E-state index < -0.39 is 0 Å². The van der Waals surface area contributed by atoms with Gasteiger partial charge in [0.15, 0.2) is 0 Å². The number of benzene rings is 8. The van der Waals surface area contributed by atoms with Gasteiger partial charge in [0.05, 0.1) is 0 Å². The average molecular weight is 649 g/mol. The first-order chi connectivity index (χ1) is 25.3. The molecule has 1 heteroatoms. The summed E-state index contributed by atoms with van der Waals surface area (Å²) in [5.74, 6) is 0.374. The Kier molecular flexibility index (Phi) is 6.15. The van der Waals surface area contributed by atoms with E-state index in [0.29, 0.717) is 0 Å². The van der Waals surface area contributed by atoms with Crippen LogP contribution >= 0.6 is 0 Å². The van der Waals surface area contributed by atoms with E-state index in [1.807, 2.05) is 6.07 Å². The fourth-order valence-corrected chi connectivity index (χ4v) is 9.10. The molecule has 2 atom stereocenters. The van der Waals surface area contributed by atoms with Gasteiger partial charge in [0, 0.05) is 22.6 Å². The minimum atomic E-state index is 0.119. The van der Waals surface area contributed by atoms with E-state index in [1.54, 1.807) is 0 Å². The zero-order valence-corrected chi connectivity index (χ0v) is 27.9. The van der Waals surface area contributed by atoms with Crippen molar-refractivity contribution in [3.63, 3.8) is 0 Å². The maximum absolute atomic E-state index is 6.32. The molecule has 0 radical (unpaired) electrons. The Hall–Kier alpha value is -6.44. The Morgan fingerprint density at radius 3 is 1.45 bits per heavy atom. The van der Waals surface area contributed by atoms with Gasteiger partial charge in [0.25, 0.3) is 0 Å². The molecule has 0 fully saturated rings. The van der Waals surface area contributed by atoms with E-state index >= 15 is 0 Å². The number of fused-ring (bicyclic) bond motifs is 9. The molecule has 8 aromatic carbocycles. The van der Waals surface area contributed by atoms with Crippen molar-refractivity contribution < 1.29 is 4.42 Å². The third-order valence-corrected chi connectivity index (χ3v) is 11.3. The molecule has 0 N–H and O–H groups in total. The van der Waals surface area contributed by atoms with Gasteiger partial charge in [0.1, 0.15) is 11.2 Å². The molecule has 51 heavy (non-hydrogen) atoms. The Morgan fingerprint density at radius 2 is 0.784 bits per heavy atom. The highest BCUT2D eigenvalue weighted by atomic mass is 16.3. The van der Waals surface area contributed by atoms with Crippen molar-refractivity contribution in [1.29, 1.82) is 0 Å². The Bertz CT molecular complexity index is 2820. The number of hydrogen-bond acceptors (Lipinski definition) is 1. The van der Waals surface area contributed by atoms with Crippen LogP contribution in [0.1, 0.15) is 45.2 Å². The Morgan fingerprint density at radius 1 is 0.314 bits per heavy atom. The lowest BCUT2D eigenvalue weighted by atomic mass is 9.83. The number of para-hydroxylation sites is 1. The molecule has 0 saturated heterocycles. The quantitative estimate of drug-likeness (QED) is 0.185. The van der Waals surface area contributed by atoms with Crippen LogP contribution in [0, 0.1) is 0 Å². The highest BCUT2D eigenvalue weighted by molar-refractivity contribution is 6.12. The lowest BCUT2D eigenvalue weighted by molar-refractivity contribution is 0.669. The lowest BCUT2D eigenvalue weighted by Gasteiger charge is -2.19. The second-order valence-corrected chi connectivity index (χ2v) is 13.9. The molecule has 2 aliphatic carbocycles. The fourth-order valence-electron chi connectivity index (χ4n) is 9.10. The monoisotopic (exact) mass is 648 g/mol. The molecule has 0 spiro atoms. The molecular weight excluding hydrogens is 617 g/mol. The SMILES string of the molecule is c1ccc(C2c3ccccc3-c3cc(-c4ccc5c(c4)-c4ccccc4C5c4ccccc4-c4cccc5oc6ccccc6c45)ccc32)cc1. The number of furan rings is 1. The summed E-state index contributed by atoms with van der Waals surface area (Å²) >= 11 is 0. The maximum atomic E-state index is 6.32.